The van der Waals surface area contributed by atoms with Gasteiger partial charge >= 0.3 is 0 Å². The van der Waals surface area contributed by atoms with Gasteiger partial charge < -0.3 is 0 Å². The molecule has 2 fully saturated rings. The molecule has 7 unspecified atom stereocenters. The van der Waals surface area contributed by atoms with Gasteiger partial charge in [0.2, 0.25) is 0 Å². The maximum atomic E-state index is 2.68. The van der Waals surface area contributed by atoms with Gasteiger partial charge in [-0.2, -0.15) is 0 Å². The highest BCUT2D eigenvalue weighted by molar-refractivity contribution is 5.35. The Morgan fingerprint density at radius 1 is 1.17 bits per heavy atom. The van der Waals surface area contributed by atoms with Crippen LogP contribution in [0, 0.1) is 35.0 Å². The predicted octanol–water partition coefficient (Wildman–Crippen LogP) is 6.84. The highest BCUT2D eigenvalue weighted by atomic mass is 14.6. The molecular formula is C24H36. The van der Waals surface area contributed by atoms with Crippen molar-refractivity contribution in [1.82, 2.24) is 0 Å². The first-order chi connectivity index (χ1) is 11.6. The van der Waals surface area contributed by atoms with Crippen molar-refractivity contribution in [3.63, 3.8) is 0 Å². The Labute approximate surface area is 149 Å². The van der Waals surface area contributed by atoms with Crippen molar-refractivity contribution in [2.45, 2.75) is 78.6 Å². The highest BCUT2D eigenvalue weighted by Crippen LogP contribution is 2.66. The van der Waals surface area contributed by atoms with Gasteiger partial charge in [-0.1, -0.05) is 71.2 Å². The van der Waals surface area contributed by atoms with Crippen molar-refractivity contribution >= 4 is 0 Å². The largest absolute Gasteiger partial charge is 0.0654 e. The van der Waals surface area contributed by atoms with Crippen LogP contribution in [0.4, 0.5) is 0 Å². The van der Waals surface area contributed by atoms with Crippen molar-refractivity contribution in [1.29, 1.82) is 0 Å². The molecule has 0 radical (unpaired) electrons. The molecular weight excluding hydrogens is 288 g/mol. The van der Waals surface area contributed by atoms with Gasteiger partial charge in [0.05, 0.1) is 0 Å². The molecule has 0 saturated heterocycles. The van der Waals surface area contributed by atoms with Crippen LogP contribution >= 0.6 is 0 Å². The summed E-state index contributed by atoms with van der Waals surface area (Å²) in [4.78, 5) is 0. The molecule has 4 rings (SSSR count). The molecule has 24 heavy (non-hydrogen) atoms. The summed E-state index contributed by atoms with van der Waals surface area (Å²) in [5, 5.41) is 0. The molecule has 0 bridgehead atoms. The fraction of sp³-hybridized carbons (Fsp3) is 0.750. The van der Waals surface area contributed by atoms with Crippen LogP contribution in [0.25, 0.3) is 0 Å². The van der Waals surface area contributed by atoms with Gasteiger partial charge in [-0.05, 0) is 77.7 Å². The lowest BCUT2D eigenvalue weighted by molar-refractivity contribution is -0.00292. The van der Waals surface area contributed by atoms with E-state index in [0.29, 0.717) is 5.41 Å². The van der Waals surface area contributed by atoms with Gasteiger partial charge in [-0.3, -0.25) is 0 Å². The lowest BCUT2D eigenvalue weighted by atomic mass is 9.51. The maximum Gasteiger partial charge on any atom is -0.0125 e. The van der Waals surface area contributed by atoms with Crippen LogP contribution < -0.4 is 0 Å². The molecule has 1 aromatic carbocycles. The summed E-state index contributed by atoms with van der Waals surface area (Å²) >= 11 is 0. The van der Waals surface area contributed by atoms with Crippen molar-refractivity contribution in [2.24, 2.45) is 35.0 Å². The van der Waals surface area contributed by atoms with E-state index < -0.39 is 0 Å². The van der Waals surface area contributed by atoms with Crippen LogP contribution in [0.3, 0.4) is 0 Å². The van der Waals surface area contributed by atoms with Crippen LogP contribution in [0.15, 0.2) is 24.3 Å². The summed E-state index contributed by atoms with van der Waals surface area (Å²) in [5.41, 5.74) is 4.02. The van der Waals surface area contributed by atoms with Crippen LogP contribution in [0.1, 0.15) is 83.3 Å². The quantitative estimate of drug-likeness (QED) is 0.571. The first-order valence-corrected chi connectivity index (χ1v) is 10.7. The number of hydrogen-bond donors (Lipinski definition) is 0. The summed E-state index contributed by atoms with van der Waals surface area (Å²) in [6.07, 6.45) is 9.94. The van der Waals surface area contributed by atoms with Crippen molar-refractivity contribution in [2.75, 3.05) is 0 Å². The molecule has 0 heterocycles. The minimum atomic E-state index is 0.619. The zero-order valence-electron chi connectivity index (χ0n) is 16.2. The van der Waals surface area contributed by atoms with Gasteiger partial charge in [-0.15, -0.1) is 0 Å². The predicted molar refractivity (Wildman–Crippen MR) is 103 cm³/mol. The minimum absolute atomic E-state index is 0.619. The Hall–Kier alpha value is -0.780. The first kappa shape index (κ1) is 16.7. The molecule has 0 aliphatic heterocycles. The third kappa shape index (κ3) is 2.31. The lowest BCUT2D eigenvalue weighted by Gasteiger charge is -2.54. The second-order valence-electron chi connectivity index (χ2n) is 9.51. The minimum Gasteiger partial charge on any atom is -0.0654 e. The molecule has 0 N–H and O–H groups in total. The number of fused-ring (bicyclic) bond motifs is 5. The normalized spacial score (nSPS) is 43.8. The smallest absolute Gasteiger partial charge is 0.0125 e. The average Bonchev–Trinajstić information content (AvgIpc) is 2.84. The molecule has 3 aliphatic rings. The molecule has 7 atom stereocenters. The maximum absolute atomic E-state index is 2.68. The fourth-order valence-electron chi connectivity index (χ4n) is 7.72. The van der Waals surface area contributed by atoms with E-state index in [1.165, 1.54) is 44.9 Å². The molecule has 132 valence electrons. The van der Waals surface area contributed by atoms with Gasteiger partial charge in [0.1, 0.15) is 0 Å². The van der Waals surface area contributed by atoms with E-state index in [1.54, 1.807) is 11.1 Å². The summed E-state index contributed by atoms with van der Waals surface area (Å²) in [6, 6.07) is 9.44. The first-order valence-electron chi connectivity index (χ1n) is 10.7. The number of hydrogen-bond acceptors (Lipinski definition) is 0. The summed E-state index contributed by atoms with van der Waals surface area (Å²) in [7, 11) is 0. The Morgan fingerprint density at radius 2 is 1.96 bits per heavy atom. The summed E-state index contributed by atoms with van der Waals surface area (Å²) < 4.78 is 0. The van der Waals surface area contributed by atoms with Crippen molar-refractivity contribution in [3.8, 4) is 0 Å². The summed E-state index contributed by atoms with van der Waals surface area (Å²) in [5.74, 6) is 5.61. The Bertz CT molecular complexity index is 587. The van der Waals surface area contributed by atoms with E-state index in [0.717, 1.165) is 35.5 Å². The van der Waals surface area contributed by atoms with Crippen molar-refractivity contribution in [3.05, 3.63) is 35.4 Å². The van der Waals surface area contributed by atoms with Gasteiger partial charge in [0.25, 0.3) is 0 Å². The highest BCUT2D eigenvalue weighted by Gasteiger charge is 2.58. The number of rotatable bonds is 3. The summed E-state index contributed by atoms with van der Waals surface area (Å²) in [6.45, 7) is 10.1. The van der Waals surface area contributed by atoms with Gasteiger partial charge in [-0.25, -0.2) is 0 Å². The number of benzene rings is 1. The molecule has 1 aromatic rings. The Balaban J connectivity index is 1.75. The second-order valence-corrected chi connectivity index (χ2v) is 9.51. The molecule has 3 aliphatic carbocycles. The van der Waals surface area contributed by atoms with E-state index in [1.807, 2.05) is 0 Å². The van der Waals surface area contributed by atoms with Crippen LogP contribution in [-0.4, -0.2) is 0 Å². The van der Waals surface area contributed by atoms with Crippen LogP contribution in [0.2, 0.25) is 0 Å². The van der Waals surface area contributed by atoms with Crippen LogP contribution in [0.5, 0.6) is 0 Å². The van der Waals surface area contributed by atoms with E-state index in [9.17, 15) is 0 Å². The fourth-order valence-corrected chi connectivity index (χ4v) is 7.72. The zero-order chi connectivity index (χ0) is 16.9. The van der Waals surface area contributed by atoms with Crippen LogP contribution in [-0.2, 0) is 6.42 Å². The standard InChI is InChI=1S/C24H36/c1-5-9-18-15-17-10-7-8-11-19(17)20-12-13-24(4)21(6-2)16(3)14-22(24)23(18)20/h7-8,10-11,16,18,20-23H,5-6,9,12-15H2,1-4H3. The van der Waals surface area contributed by atoms with Gasteiger partial charge in [0, 0.05) is 0 Å². The molecule has 0 nitrogen and oxygen atoms in total. The SMILES string of the molecule is CCCC1Cc2ccccc2C2CCC3(C)C(CC)C(C)CC3C12. The van der Waals surface area contributed by atoms with E-state index >= 15 is 0 Å². The molecule has 0 aromatic heterocycles. The van der Waals surface area contributed by atoms with Gasteiger partial charge in [0.15, 0.2) is 0 Å². The third-order valence-corrected chi connectivity index (χ3v) is 8.51. The second kappa shape index (κ2) is 6.19. The molecule has 0 spiro atoms. The van der Waals surface area contributed by atoms with E-state index in [-0.39, 0.29) is 0 Å². The lowest BCUT2D eigenvalue weighted by Crippen LogP contribution is -2.46. The topological polar surface area (TPSA) is 0 Å². The van der Waals surface area contributed by atoms with Crippen molar-refractivity contribution < 1.29 is 0 Å². The molecule has 0 heteroatoms. The van der Waals surface area contributed by atoms with E-state index in [2.05, 4.69) is 52.0 Å². The molecule has 0 amide bonds. The molecule has 2 saturated carbocycles. The monoisotopic (exact) mass is 324 g/mol. The van der Waals surface area contributed by atoms with E-state index in [4.69, 9.17) is 0 Å². The average molecular weight is 325 g/mol. The Kier molecular flexibility index (Phi) is 4.30. The Morgan fingerprint density at radius 3 is 2.71 bits per heavy atom. The third-order valence-electron chi connectivity index (χ3n) is 8.51. The zero-order valence-corrected chi connectivity index (χ0v) is 16.2.